The molecular weight excluding hydrogens is 364 g/mol. The lowest BCUT2D eigenvalue weighted by Crippen LogP contribution is -2.54. The van der Waals surface area contributed by atoms with Crippen molar-refractivity contribution in [2.24, 2.45) is 5.73 Å². The van der Waals surface area contributed by atoms with Crippen LogP contribution < -0.4 is 16.4 Å². The predicted molar refractivity (Wildman–Crippen MR) is 105 cm³/mol. The Morgan fingerprint density at radius 3 is 2.81 bits per heavy atom. The van der Waals surface area contributed by atoms with Crippen LogP contribution in [-0.4, -0.2) is 36.0 Å². The molecule has 2 atom stereocenters. The third-order valence-corrected chi connectivity index (χ3v) is 5.53. The minimum absolute atomic E-state index is 0.105. The number of nitrogens with zero attached hydrogens (tertiary/aromatic N) is 1. The first kappa shape index (κ1) is 17.8. The van der Waals surface area contributed by atoms with Crippen molar-refractivity contribution in [2.75, 3.05) is 18.4 Å². The van der Waals surface area contributed by atoms with E-state index in [1.807, 2.05) is 36.4 Å². The maximum atomic E-state index is 12.9. The molecule has 3 amide bonds. The summed E-state index contributed by atoms with van der Waals surface area (Å²) in [5, 5.41) is 6.40. The van der Waals surface area contributed by atoms with Crippen molar-refractivity contribution in [1.29, 1.82) is 0 Å². The van der Waals surface area contributed by atoms with Crippen LogP contribution in [-0.2, 0) is 16.8 Å². The number of nitrogens with two attached hydrogens (primary N) is 1. The van der Waals surface area contributed by atoms with Gasteiger partial charge < -0.3 is 21.3 Å². The van der Waals surface area contributed by atoms with Crippen molar-refractivity contribution >= 4 is 29.2 Å². The number of fused-ring (bicyclic) bond motifs is 2. The van der Waals surface area contributed by atoms with Gasteiger partial charge in [0.2, 0.25) is 5.91 Å². The van der Waals surface area contributed by atoms with Gasteiger partial charge in [0.05, 0.1) is 11.6 Å². The maximum absolute atomic E-state index is 12.9. The summed E-state index contributed by atoms with van der Waals surface area (Å²) in [6.45, 7) is 0.919. The molecule has 0 radical (unpaired) electrons. The number of nitrogens with one attached hydrogen (secondary N) is 2. The lowest BCUT2D eigenvalue weighted by Gasteiger charge is -2.37. The normalized spacial score (nSPS) is 22.1. The zero-order valence-electron chi connectivity index (χ0n) is 14.7. The second-order valence-electron chi connectivity index (χ2n) is 7.16. The summed E-state index contributed by atoms with van der Waals surface area (Å²) in [7, 11) is 0. The van der Waals surface area contributed by atoms with Crippen LogP contribution in [0.15, 0.2) is 48.5 Å². The Hall–Kier alpha value is -2.57. The molecule has 0 aromatic heterocycles. The number of carbonyl (C=O) groups excluding carboxylic acids is 2. The molecule has 4 N–H and O–H groups in total. The predicted octanol–water partition coefficient (Wildman–Crippen LogP) is 2.47. The van der Waals surface area contributed by atoms with E-state index in [9.17, 15) is 9.59 Å². The molecule has 2 heterocycles. The van der Waals surface area contributed by atoms with Gasteiger partial charge in [-0.3, -0.25) is 4.79 Å². The Bertz CT molecular complexity index is 889. The van der Waals surface area contributed by atoms with Gasteiger partial charge in [-0.15, -0.1) is 0 Å². The monoisotopic (exact) mass is 384 g/mol. The molecule has 2 aliphatic heterocycles. The minimum atomic E-state index is -0.634. The summed E-state index contributed by atoms with van der Waals surface area (Å²) < 4.78 is 0. The average Bonchev–Trinajstić information content (AvgIpc) is 3.07. The van der Waals surface area contributed by atoms with E-state index in [1.165, 1.54) is 0 Å². The number of rotatable bonds is 3. The quantitative estimate of drug-likeness (QED) is 0.759. The number of halogens is 1. The van der Waals surface area contributed by atoms with Gasteiger partial charge in [0.15, 0.2) is 0 Å². The molecule has 7 heteroatoms. The van der Waals surface area contributed by atoms with Gasteiger partial charge in [-0.2, -0.15) is 0 Å². The zero-order valence-corrected chi connectivity index (χ0v) is 15.5. The Balaban J connectivity index is 1.54. The first-order valence-electron chi connectivity index (χ1n) is 8.94. The van der Waals surface area contributed by atoms with Gasteiger partial charge in [-0.25, -0.2) is 4.79 Å². The lowest BCUT2D eigenvalue weighted by atomic mass is 9.86. The molecule has 4 rings (SSSR count). The van der Waals surface area contributed by atoms with Crippen LogP contribution in [0, 0.1) is 0 Å². The fourth-order valence-corrected chi connectivity index (χ4v) is 4.14. The summed E-state index contributed by atoms with van der Waals surface area (Å²) in [5.74, 6) is -0.105. The number of urea groups is 1. The third-order valence-electron chi connectivity index (χ3n) is 5.29. The summed E-state index contributed by atoms with van der Waals surface area (Å²) in [4.78, 5) is 26.8. The van der Waals surface area contributed by atoms with Gasteiger partial charge in [-0.1, -0.05) is 41.9 Å². The van der Waals surface area contributed by atoms with E-state index in [0.29, 0.717) is 31.0 Å². The Morgan fingerprint density at radius 1 is 1.26 bits per heavy atom. The average molecular weight is 385 g/mol. The van der Waals surface area contributed by atoms with E-state index < -0.39 is 11.6 Å². The summed E-state index contributed by atoms with van der Waals surface area (Å²) in [6, 6.07) is 14.2. The molecule has 2 aromatic carbocycles. The minimum Gasteiger partial charge on any atom is -0.339 e. The lowest BCUT2D eigenvalue weighted by molar-refractivity contribution is -0.131. The number of hydrogen-bond donors (Lipinski definition) is 3. The Labute approximate surface area is 162 Å². The molecule has 1 spiro atoms. The van der Waals surface area contributed by atoms with Crippen LogP contribution in [0.5, 0.6) is 0 Å². The molecule has 1 fully saturated rings. The van der Waals surface area contributed by atoms with Crippen LogP contribution in [0.2, 0.25) is 5.02 Å². The van der Waals surface area contributed by atoms with Crippen LogP contribution >= 0.6 is 11.6 Å². The number of likely N-dealkylation sites (tertiary alicyclic amines) is 1. The summed E-state index contributed by atoms with van der Waals surface area (Å²) in [6.07, 6.45) is 1.11. The van der Waals surface area contributed by atoms with E-state index in [4.69, 9.17) is 17.3 Å². The van der Waals surface area contributed by atoms with E-state index in [0.717, 1.165) is 16.8 Å². The van der Waals surface area contributed by atoms with Crippen molar-refractivity contribution in [3.8, 4) is 0 Å². The zero-order chi connectivity index (χ0) is 19.0. The van der Waals surface area contributed by atoms with Gasteiger partial charge in [0.1, 0.15) is 0 Å². The Morgan fingerprint density at radius 2 is 2.04 bits per heavy atom. The summed E-state index contributed by atoms with van der Waals surface area (Å²) >= 11 is 6.17. The number of anilines is 1. The first-order chi connectivity index (χ1) is 13.0. The van der Waals surface area contributed by atoms with Crippen molar-refractivity contribution in [3.63, 3.8) is 0 Å². The highest BCUT2D eigenvalue weighted by atomic mass is 35.5. The molecule has 0 saturated carbocycles. The largest absolute Gasteiger partial charge is 0.339 e. The van der Waals surface area contributed by atoms with E-state index in [2.05, 4.69) is 10.6 Å². The highest BCUT2D eigenvalue weighted by molar-refractivity contribution is 6.30. The van der Waals surface area contributed by atoms with Gasteiger partial charge in [0.25, 0.3) is 0 Å². The highest BCUT2D eigenvalue weighted by Crippen LogP contribution is 2.40. The molecule has 0 aliphatic carbocycles. The third kappa shape index (κ3) is 3.38. The van der Waals surface area contributed by atoms with E-state index in [-0.39, 0.29) is 11.9 Å². The fourth-order valence-electron chi connectivity index (χ4n) is 3.97. The highest BCUT2D eigenvalue weighted by Gasteiger charge is 2.46. The van der Waals surface area contributed by atoms with Crippen LogP contribution in [0.1, 0.15) is 17.5 Å². The summed E-state index contributed by atoms with van der Waals surface area (Å²) in [5.41, 5.74) is 8.21. The van der Waals surface area contributed by atoms with Gasteiger partial charge in [-0.05, 0) is 36.6 Å². The van der Waals surface area contributed by atoms with Crippen molar-refractivity contribution in [3.05, 3.63) is 64.7 Å². The molecule has 6 nitrogen and oxygen atoms in total. The maximum Gasteiger partial charge on any atom is 0.320 e. The molecule has 1 unspecified atom stereocenters. The second kappa shape index (κ2) is 6.87. The van der Waals surface area contributed by atoms with Gasteiger partial charge >= 0.3 is 6.03 Å². The SMILES string of the molecule is N[C@@H](Cc1ccccc1)C(=O)N1CCC2(C1)NC(=O)Nc1ccc(Cl)cc12. The number of carbonyl (C=O) groups is 2. The number of hydrogen-bond acceptors (Lipinski definition) is 3. The van der Waals surface area contributed by atoms with E-state index in [1.54, 1.807) is 17.0 Å². The molecule has 2 aromatic rings. The van der Waals surface area contributed by atoms with Crippen molar-refractivity contribution in [1.82, 2.24) is 10.2 Å². The second-order valence-corrected chi connectivity index (χ2v) is 7.59. The van der Waals surface area contributed by atoms with Crippen LogP contribution in [0.3, 0.4) is 0 Å². The molecular formula is C20H21ClN4O2. The fraction of sp³-hybridized carbons (Fsp3) is 0.300. The molecule has 140 valence electrons. The topological polar surface area (TPSA) is 87.5 Å². The first-order valence-corrected chi connectivity index (χ1v) is 9.32. The van der Waals surface area contributed by atoms with Gasteiger partial charge in [0, 0.05) is 29.4 Å². The van der Waals surface area contributed by atoms with Crippen molar-refractivity contribution < 1.29 is 9.59 Å². The van der Waals surface area contributed by atoms with Crippen LogP contribution in [0.4, 0.5) is 10.5 Å². The number of benzene rings is 2. The molecule has 27 heavy (non-hydrogen) atoms. The van der Waals surface area contributed by atoms with E-state index >= 15 is 0 Å². The standard InChI is InChI=1S/C20H21ClN4O2/c21-14-6-7-17-15(11-14)20(24-19(27)23-17)8-9-25(12-20)18(26)16(22)10-13-4-2-1-3-5-13/h1-7,11,16H,8-10,12,22H2,(H2,23,24,27)/t16-,20?/m0/s1. The number of amides is 3. The molecule has 1 saturated heterocycles. The van der Waals surface area contributed by atoms with Crippen molar-refractivity contribution in [2.45, 2.75) is 24.4 Å². The smallest absolute Gasteiger partial charge is 0.320 e. The molecule has 2 aliphatic rings. The Kier molecular flexibility index (Phi) is 4.53. The molecule has 0 bridgehead atoms. The van der Waals surface area contributed by atoms with Crippen LogP contribution in [0.25, 0.3) is 0 Å².